The highest BCUT2D eigenvalue weighted by atomic mass is 16.7. The highest BCUT2D eigenvalue weighted by molar-refractivity contribution is 5.98. The minimum absolute atomic E-state index is 0.356. The first kappa shape index (κ1) is 18.8. The molecule has 0 aromatic heterocycles. The molecule has 25 heavy (non-hydrogen) atoms. The lowest BCUT2D eigenvalue weighted by atomic mass is 9.65. The third-order valence-electron chi connectivity index (χ3n) is 4.38. The van der Waals surface area contributed by atoms with Gasteiger partial charge >= 0.3 is 11.9 Å². The molecule has 1 aliphatic heterocycles. The summed E-state index contributed by atoms with van der Waals surface area (Å²) in [7, 11) is 1.55. The van der Waals surface area contributed by atoms with Gasteiger partial charge in [0, 0.05) is 24.8 Å². The lowest BCUT2D eigenvalue weighted by Crippen LogP contribution is -2.54. The lowest BCUT2D eigenvalue weighted by molar-refractivity contribution is -0.243. The van der Waals surface area contributed by atoms with Crippen LogP contribution in [0, 0.1) is 5.92 Å². The van der Waals surface area contributed by atoms with Gasteiger partial charge in [-0.05, 0) is 18.9 Å². The maximum atomic E-state index is 12.8. The van der Waals surface area contributed by atoms with Crippen molar-refractivity contribution in [2.24, 2.45) is 5.92 Å². The molecule has 0 unspecified atom stereocenters. The van der Waals surface area contributed by atoms with Crippen molar-refractivity contribution >= 4 is 11.9 Å². The molecule has 1 aromatic carbocycles. The van der Waals surface area contributed by atoms with Gasteiger partial charge in [-0.3, -0.25) is 9.59 Å². The largest absolute Gasteiger partial charge is 0.496 e. The zero-order valence-electron chi connectivity index (χ0n) is 14.9. The molecule has 134 valence electrons. The summed E-state index contributed by atoms with van der Waals surface area (Å²) in [6, 6.07) is 7.30. The molecule has 1 fully saturated rings. The van der Waals surface area contributed by atoms with Gasteiger partial charge < -0.3 is 14.2 Å². The van der Waals surface area contributed by atoms with Crippen LogP contribution in [-0.2, 0) is 24.5 Å². The summed E-state index contributed by atoms with van der Waals surface area (Å²) >= 11 is 0. The van der Waals surface area contributed by atoms with Gasteiger partial charge in [-0.2, -0.15) is 0 Å². The maximum Gasteiger partial charge on any atom is 0.324 e. The molecule has 2 rings (SSSR count). The fourth-order valence-corrected chi connectivity index (χ4v) is 3.44. The van der Waals surface area contributed by atoms with Crippen LogP contribution >= 0.6 is 0 Å². The summed E-state index contributed by atoms with van der Waals surface area (Å²) in [4.78, 5) is 25.5. The number of hydrogen-bond acceptors (Lipinski definition) is 5. The molecule has 0 bridgehead atoms. The number of carbonyl (C=O) groups is 2. The summed E-state index contributed by atoms with van der Waals surface area (Å²) in [5.41, 5.74) is -0.225. The molecule has 0 atom stereocenters. The molecular weight excluding hydrogens is 320 g/mol. The van der Waals surface area contributed by atoms with Crippen molar-refractivity contribution in [1.29, 1.82) is 0 Å². The Hall–Kier alpha value is -2.56. The molecule has 0 saturated carbocycles. The quantitative estimate of drug-likeness (QED) is 0.430. The van der Waals surface area contributed by atoms with Crippen molar-refractivity contribution < 1.29 is 23.8 Å². The van der Waals surface area contributed by atoms with E-state index in [1.54, 1.807) is 25.3 Å². The minimum Gasteiger partial charge on any atom is -0.496 e. The van der Waals surface area contributed by atoms with Gasteiger partial charge in [0.05, 0.1) is 7.11 Å². The molecule has 0 spiro atoms. The number of benzene rings is 1. The van der Waals surface area contributed by atoms with E-state index in [1.165, 1.54) is 13.8 Å². The van der Waals surface area contributed by atoms with Crippen LogP contribution in [0.1, 0.15) is 32.3 Å². The second-order valence-electron chi connectivity index (χ2n) is 6.52. The van der Waals surface area contributed by atoms with Crippen LogP contribution in [0.4, 0.5) is 0 Å². The van der Waals surface area contributed by atoms with Gasteiger partial charge in [0.1, 0.15) is 5.75 Å². The van der Waals surface area contributed by atoms with E-state index in [1.807, 2.05) is 18.2 Å². The Morgan fingerprint density at radius 3 is 2.12 bits per heavy atom. The van der Waals surface area contributed by atoms with Gasteiger partial charge in [0.15, 0.2) is 5.92 Å². The predicted octanol–water partition coefficient (Wildman–Crippen LogP) is 3.54. The molecule has 0 radical (unpaired) electrons. The van der Waals surface area contributed by atoms with Crippen LogP contribution < -0.4 is 4.74 Å². The summed E-state index contributed by atoms with van der Waals surface area (Å²) in [5, 5.41) is 0. The van der Waals surface area contributed by atoms with E-state index in [4.69, 9.17) is 14.2 Å². The number of cyclic esters (lactones) is 2. The Labute approximate surface area is 148 Å². The van der Waals surface area contributed by atoms with Crippen molar-refractivity contribution in [2.75, 3.05) is 7.11 Å². The first-order valence-electron chi connectivity index (χ1n) is 8.12. The van der Waals surface area contributed by atoms with Crippen LogP contribution in [0.5, 0.6) is 5.75 Å². The number of esters is 2. The molecule has 0 aliphatic carbocycles. The van der Waals surface area contributed by atoms with E-state index in [-0.39, 0.29) is 0 Å². The molecule has 1 saturated heterocycles. The lowest BCUT2D eigenvalue weighted by Gasteiger charge is -2.43. The molecule has 1 heterocycles. The van der Waals surface area contributed by atoms with Gasteiger partial charge in [-0.1, -0.05) is 30.4 Å². The van der Waals surface area contributed by atoms with Crippen LogP contribution in [-0.4, -0.2) is 24.8 Å². The van der Waals surface area contributed by atoms with Gasteiger partial charge in [-0.25, -0.2) is 0 Å². The van der Waals surface area contributed by atoms with E-state index in [9.17, 15) is 9.59 Å². The smallest absolute Gasteiger partial charge is 0.324 e. The van der Waals surface area contributed by atoms with Gasteiger partial charge in [-0.15, -0.1) is 13.2 Å². The second kappa shape index (κ2) is 7.13. The number of para-hydroxylation sites is 1. The van der Waals surface area contributed by atoms with Crippen LogP contribution in [0.15, 0.2) is 49.6 Å². The average molecular weight is 344 g/mol. The topological polar surface area (TPSA) is 61.8 Å². The number of allylic oxidation sites excluding steroid dienone is 2. The SMILES string of the molecule is C=CCC(CC=C)(c1ccccc1OC)C1C(=O)OC(C)(C)OC1=O. The summed E-state index contributed by atoms with van der Waals surface area (Å²) in [5.74, 6) is -3.06. The van der Waals surface area contributed by atoms with E-state index in [0.717, 1.165) is 5.56 Å². The Balaban J connectivity index is 2.67. The Kier molecular flexibility index (Phi) is 5.36. The van der Waals surface area contributed by atoms with E-state index in [2.05, 4.69) is 13.2 Å². The summed E-state index contributed by atoms with van der Waals surface area (Å²) in [6.07, 6.45) is 4.07. The van der Waals surface area contributed by atoms with Crippen molar-refractivity contribution in [1.82, 2.24) is 0 Å². The number of methoxy groups -OCH3 is 1. The number of rotatable bonds is 7. The molecule has 1 aromatic rings. The van der Waals surface area contributed by atoms with Gasteiger partial charge in [0.2, 0.25) is 0 Å². The number of hydrogen-bond donors (Lipinski definition) is 0. The molecule has 0 N–H and O–H groups in total. The fraction of sp³-hybridized carbons (Fsp3) is 0.400. The number of carbonyl (C=O) groups excluding carboxylic acids is 2. The first-order chi connectivity index (χ1) is 11.8. The van der Waals surface area contributed by atoms with Crippen LogP contribution in [0.2, 0.25) is 0 Å². The molecule has 5 nitrogen and oxygen atoms in total. The minimum atomic E-state index is -1.28. The second-order valence-corrected chi connectivity index (χ2v) is 6.52. The molecular formula is C20H24O5. The summed E-state index contributed by atoms with van der Waals surface area (Å²) < 4.78 is 16.2. The van der Waals surface area contributed by atoms with Gasteiger partial charge in [0.25, 0.3) is 5.79 Å². The van der Waals surface area contributed by atoms with Crippen molar-refractivity contribution in [2.45, 2.75) is 37.9 Å². The van der Waals surface area contributed by atoms with E-state index < -0.39 is 29.1 Å². The van der Waals surface area contributed by atoms with Crippen molar-refractivity contribution in [3.63, 3.8) is 0 Å². The normalized spacial score (nSPS) is 17.4. The van der Waals surface area contributed by atoms with Crippen LogP contribution in [0.3, 0.4) is 0 Å². The third-order valence-corrected chi connectivity index (χ3v) is 4.38. The average Bonchev–Trinajstić information content (AvgIpc) is 2.53. The zero-order valence-corrected chi connectivity index (χ0v) is 14.9. The Bertz CT molecular complexity index is 659. The third kappa shape index (κ3) is 3.45. The maximum absolute atomic E-state index is 12.8. The molecule has 0 amide bonds. The summed E-state index contributed by atoms with van der Waals surface area (Å²) in [6.45, 7) is 10.7. The van der Waals surface area contributed by atoms with Crippen molar-refractivity contribution in [3.05, 3.63) is 55.1 Å². The van der Waals surface area contributed by atoms with E-state index in [0.29, 0.717) is 18.6 Å². The standard InChI is InChI=1S/C20H24O5/c1-6-12-20(13-7-2,14-10-8-9-11-15(14)23-5)16-17(21)24-19(3,4)25-18(16)22/h6-11,16H,1-2,12-13H2,3-5H3. The fourth-order valence-electron chi connectivity index (χ4n) is 3.44. The predicted molar refractivity (Wildman–Crippen MR) is 94.1 cm³/mol. The Morgan fingerprint density at radius 1 is 1.12 bits per heavy atom. The highest BCUT2D eigenvalue weighted by Gasteiger charge is 2.55. The number of ether oxygens (including phenoxy) is 3. The van der Waals surface area contributed by atoms with Crippen LogP contribution in [0.25, 0.3) is 0 Å². The van der Waals surface area contributed by atoms with E-state index >= 15 is 0 Å². The highest BCUT2D eigenvalue weighted by Crippen LogP contribution is 2.47. The zero-order chi connectivity index (χ0) is 18.7. The first-order valence-corrected chi connectivity index (χ1v) is 8.12. The van der Waals surface area contributed by atoms with Crippen molar-refractivity contribution in [3.8, 4) is 5.75 Å². The monoisotopic (exact) mass is 344 g/mol. The molecule has 1 aliphatic rings. The Morgan fingerprint density at radius 2 is 1.64 bits per heavy atom. The molecule has 5 heteroatoms.